The standard InChI is InChI=1S/C24H24O4/c1-17(2)19-10-9-18(3)23(15-19)26-16-24(25)28-22-13-11-21(12-14-22)27-20-7-5-4-6-8-20/h4-15,17H,16H2,1-3H3. The van der Waals surface area contributed by atoms with Gasteiger partial charge in [-0.05, 0) is 66.4 Å². The van der Waals surface area contributed by atoms with Gasteiger partial charge >= 0.3 is 5.97 Å². The van der Waals surface area contributed by atoms with Crippen LogP contribution in [-0.2, 0) is 4.79 Å². The highest BCUT2D eigenvalue weighted by Crippen LogP contribution is 2.25. The molecule has 0 amide bonds. The van der Waals surface area contributed by atoms with Gasteiger partial charge in [-0.2, -0.15) is 0 Å². The Labute approximate surface area is 165 Å². The number of carbonyl (C=O) groups is 1. The lowest BCUT2D eigenvalue weighted by Crippen LogP contribution is -2.18. The number of carbonyl (C=O) groups excluding carboxylic acids is 1. The minimum Gasteiger partial charge on any atom is -0.482 e. The molecule has 0 N–H and O–H groups in total. The lowest BCUT2D eigenvalue weighted by atomic mass is 10.0. The molecule has 3 aromatic rings. The van der Waals surface area contributed by atoms with Crippen LogP contribution in [0.4, 0.5) is 0 Å². The van der Waals surface area contributed by atoms with Gasteiger partial charge in [0.25, 0.3) is 0 Å². The van der Waals surface area contributed by atoms with Gasteiger partial charge in [0.2, 0.25) is 0 Å². The third-order valence-corrected chi connectivity index (χ3v) is 4.26. The van der Waals surface area contributed by atoms with Crippen molar-refractivity contribution in [2.75, 3.05) is 6.61 Å². The van der Waals surface area contributed by atoms with Crippen molar-refractivity contribution in [1.29, 1.82) is 0 Å². The maximum absolute atomic E-state index is 12.1. The maximum Gasteiger partial charge on any atom is 0.349 e. The summed E-state index contributed by atoms with van der Waals surface area (Å²) in [6, 6.07) is 22.4. The highest BCUT2D eigenvalue weighted by atomic mass is 16.6. The number of rotatable bonds is 7. The van der Waals surface area contributed by atoms with E-state index >= 15 is 0 Å². The van der Waals surface area contributed by atoms with Gasteiger partial charge in [-0.1, -0.05) is 44.2 Å². The average Bonchev–Trinajstić information content (AvgIpc) is 2.69. The van der Waals surface area contributed by atoms with E-state index in [0.29, 0.717) is 23.2 Å². The zero-order chi connectivity index (χ0) is 19.9. The van der Waals surface area contributed by atoms with Crippen molar-refractivity contribution in [3.05, 3.63) is 83.9 Å². The Balaban J connectivity index is 1.54. The van der Waals surface area contributed by atoms with E-state index in [1.807, 2.05) is 49.4 Å². The van der Waals surface area contributed by atoms with Crippen molar-refractivity contribution in [3.63, 3.8) is 0 Å². The molecule has 0 atom stereocenters. The van der Waals surface area contributed by atoms with Crippen LogP contribution in [0.25, 0.3) is 0 Å². The molecule has 0 heterocycles. The highest BCUT2D eigenvalue weighted by molar-refractivity contribution is 5.74. The largest absolute Gasteiger partial charge is 0.482 e. The summed E-state index contributed by atoms with van der Waals surface area (Å²) in [6.45, 7) is 6.04. The first-order chi connectivity index (χ1) is 13.5. The second-order valence-corrected chi connectivity index (χ2v) is 6.83. The zero-order valence-corrected chi connectivity index (χ0v) is 16.3. The Bertz CT molecular complexity index is 915. The normalized spacial score (nSPS) is 10.6. The van der Waals surface area contributed by atoms with Gasteiger partial charge in [0.15, 0.2) is 6.61 Å². The second kappa shape index (κ2) is 9.09. The van der Waals surface area contributed by atoms with Crippen LogP contribution >= 0.6 is 0 Å². The van der Waals surface area contributed by atoms with Gasteiger partial charge in [0, 0.05) is 0 Å². The van der Waals surface area contributed by atoms with E-state index in [-0.39, 0.29) is 6.61 Å². The summed E-state index contributed by atoms with van der Waals surface area (Å²) in [7, 11) is 0. The molecule has 0 unspecified atom stereocenters. The Morgan fingerprint density at radius 3 is 2.18 bits per heavy atom. The number of aryl methyl sites for hydroxylation is 1. The maximum atomic E-state index is 12.1. The number of hydrogen-bond donors (Lipinski definition) is 0. The van der Waals surface area contributed by atoms with Gasteiger partial charge in [-0.15, -0.1) is 0 Å². The SMILES string of the molecule is Cc1ccc(C(C)C)cc1OCC(=O)Oc1ccc(Oc2ccccc2)cc1. The molecule has 0 aliphatic heterocycles. The van der Waals surface area contributed by atoms with Crippen LogP contribution in [0.1, 0.15) is 30.9 Å². The lowest BCUT2D eigenvalue weighted by molar-refractivity contribution is -0.136. The van der Waals surface area contributed by atoms with E-state index in [9.17, 15) is 4.79 Å². The van der Waals surface area contributed by atoms with Crippen LogP contribution in [0.5, 0.6) is 23.0 Å². The molecule has 0 spiro atoms. The van der Waals surface area contributed by atoms with E-state index in [0.717, 1.165) is 11.3 Å². The molecule has 4 heteroatoms. The third kappa shape index (κ3) is 5.36. The number of esters is 1. The Hall–Kier alpha value is -3.27. The molecule has 0 aliphatic rings. The van der Waals surface area contributed by atoms with E-state index in [2.05, 4.69) is 19.9 Å². The molecule has 0 radical (unpaired) electrons. The first-order valence-corrected chi connectivity index (χ1v) is 9.28. The zero-order valence-electron chi connectivity index (χ0n) is 16.3. The van der Waals surface area contributed by atoms with Gasteiger partial charge in [-0.25, -0.2) is 4.79 Å². The predicted molar refractivity (Wildman–Crippen MR) is 109 cm³/mol. The Kier molecular flexibility index (Phi) is 6.33. The van der Waals surface area contributed by atoms with Gasteiger partial charge in [0.05, 0.1) is 0 Å². The summed E-state index contributed by atoms with van der Waals surface area (Å²) in [5, 5.41) is 0. The third-order valence-electron chi connectivity index (χ3n) is 4.26. The molecule has 0 fully saturated rings. The summed E-state index contributed by atoms with van der Waals surface area (Å²) < 4.78 is 16.7. The summed E-state index contributed by atoms with van der Waals surface area (Å²) in [5.74, 6) is 2.51. The first kappa shape index (κ1) is 19.5. The number of para-hydroxylation sites is 1. The molecule has 28 heavy (non-hydrogen) atoms. The van der Waals surface area contributed by atoms with E-state index in [4.69, 9.17) is 14.2 Å². The average molecular weight is 376 g/mol. The molecular formula is C24H24O4. The summed E-state index contributed by atoms with van der Waals surface area (Å²) >= 11 is 0. The molecular weight excluding hydrogens is 352 g/mol. The molecule has 0 aromatic heterocycles. The lowest BCUT2D eigenvalue weighted by Gasteiger charge is -2.12. The summed E-state index contributed by atoms with van der Waals surface area (Å²) in [5.41, 5.74) is 2.16. The molecule has 0 aliphatic carbocycles. The van der Waals surface area contributed by atoms with Crippen LogP contribution < -0.4 is 14.2 Å². The van der Waals surface area contributed by atoms with E-state index in [1.54, 1.807) is 24.3 Å². The monoisotopic (exact) mass is 376 g/mol. The molecule has 0 saturated carbocycles. The van der Waals surface area contributed by atoms with Crippen LogP contribution in [0, 0.1) is 6.92 Å². The summed E-state index contributed by atoms with van der Waals surface area (Å²) in [4.78, 5) is 12.1. The minimum absolute atomic E-state index is 0.148. The fourth-order valence-electron chi connectivity index (χ4n) is 2.63. The fraction of sp³-hybridized carbons (Fsp3) is 0.208. The minimum atomic E-state index is -0.453. The van der Waals surface area contributed by atoms with Crippen LogP contribution in [0.2, 0.25) is 0 Å². The van der Waals surface area contributed by atoms with Crippen molar-refractivity contribution in [1.82, 2.24) is 0 Å². The highest BCUT2D eigenvalue weighted by Gasteiger charge is 2.10. The Morgan fingerprint density at radius 1 is 0.857 bits per heavy atom. The van der Waals surface area contributed by atoms with Crippen molar-refractivity contribution in [2.24, 2.45) is 0 Å². The first-order valence-electron chi connectivity index (χ1n) is 9.28. The fourth-order valence-corrected chi connectivity index (χ4v) is 2.63. The van der Waals surface area contributed by atoms with Crippen molar-refractivity contribution >= 4 is 5.97 Å². The van der Waals surface area contributed by atoms with Crippen LogP contribution in [0.3, 0.4) is 0 Å². The van der Waals surface area contributed by atoms with Crippen molar-refractivity contribution < 1.29 is 19.0 Å². The smallest absolute Gasteiger partial charge is 0.349 e. The van der Waals surface area contributed by atoms with E-state index in [1.165, 1.54) is 5.56 Å². The second-order valence-electron chi connectivity index (χ2n) is 6.83. The summed E-state index contributed by atoms with van der Waals surface area (Å²) in [6.07, 6.45) is 0. The van der Waals surface area contributed by atoms with Gasteiger partial charge in [0.1, 0.15) is 23.0 Å². The van der Waals surface area contributed by atoms with E-state index < -0.39 is 5.97 Å². The topological polar surface area (TPSA) is 44.8 Å². The predicted octanol–water partition coefficient (Wildman–Crippen LogP) is 5.90. The molecule has 3 aromatic carbocycles. The van der Waals surface area contributed by atoms with Gasteiger partial charge < -0.3 is 14.2 Å². The molecule has 0 saturated heterocycles. The van der Waals surface area contributed by atoms with Crippen LogP contribution in [-0.4, -0.2) is 12.6 Å². The number of ether oxygens (including phenoxy) is 3. The van der Waals surface area contributed by atoms with Crippen molar-refractivity contribution in [3.8, 4) is 23.0 Å². The molecule has 4 nitrogen and oxygen atoms in total. The Morgan fingerprint density at radius 2 is 1.50 bits per heavy atom. The molecule has 144 valence electrons. The quantitative estimate of drug-likeness (QED) is 0.381. The molecule has 3 rings (SSSR count). The number of benzene rings is 3. The van der Waals surface area contributed by atoms with Crippen LogP contribution in [0.15, 0.2) is 72.8 Å². The van der Waals surface area contributed by atoms with Crippen molar-refractivity contribution in [2.45, 2.75) is 26.7 Å². The molecule has 0 bridgehead atoms. The number of hydrogen-bond acceptors (Lipinski definition) is 4. The van der Waals surface area contributed by atoms with Gasteiger partial charge in [-0.3, -0.25) is 0 Å².